The van der Waals surface area contributed by atoms with E-state index in [2.05, 4.69) is 5.32 Å². The van der Waals surface area contributed by atoms with Gasteiger partial charge in [-0.2, -0.15) is 0 Å². The van der Waals surface area contributed by atoms with Crippen LogP contribution >= 0.6 is 24.0 Å². The number of benzene rings is 3. The van der Waals surface area contributed by atoms with Crippen LogP contribution in [0.5, 0.6) is 11.5 Å². The number of methoxy groups -OCH3 is 1. The number of thiocarbonyl (C=S) groups is 1. The Morgan fingerprint density at radius 2 is 1.87 bits per heavy atom. The molecule has 0 bridgehead atoms. The number of thioether (sulfide) groups is 1. The van der Waals surface area contributed by atoms with Crippen LogP contribution in [0.1, 0.15) is 5.56 Å². The van der Waals surface area contributed by atoms with Gasteiger partial charge >= 0.3 is 0 Å². The van der Waals surface area contributed by atoms with Crippen molar-refractivity contribution >= 4 is 68.9 Å². The standard InChI is InChI=1S/C27H24N4O6S2/c1-29(2)19-8-10-20(11-9-19)30-26(33)24(39-27(30)38)14-17-7-12-22(23(13-17)36-3)37-16-25(32)28-18-5-4-6-21(15-18)31(34)35/h4-15H,16H2,1-3H3,(H,28,32)/b24-14-. The molecule has 200 valence electrons. The van der Waals surface area contributed by atoms with Crippen molar-refractivity contribution in [1.29, 1.82) is 0 Å². The maximum atomic E-state index is 13.1. The number of hydrogen-bond donors (Lipinski definition) is 1. The SMILES string of the molecule is COc1cc(/C=C2\SC(=S)N(c3ccc(N(C)C)cc3)C2=O)ccc1OCC(=O)Nc1cccc([N+](=O)[O-])c1. The highest BCUT2D eigenvalue weighted by molar-refractivity contribution is 8.27. The minimum atomic E-state index is -0.543. The number of carbonyl (C=O) groups is 2. The number of anilines is 3. The topological polar surface area (TPSA) is 114 Å². The predicted molar refractivity (Wildman–Crippen MR) is 157 cm³/mol. The van der Waals surface area contributed by atoms with Crippen molar-refractivity contribution in [3.8, 4) is 11.5 Å². The first-order chi connectivity index (χ1) is 18.7. The van der Waals surface area contributed by atoms with Crippen LogP contribution in [0.25, 0.3) is 6.08 Å². The number of amides is 2. The molecule has 0 radical (unpaired) electrons. The van der Waals surface area contributed by atoms with Crippen molar-refractivity contribution in [3.63, 3.8) is 0 Å². The molecule has 0 saturated carbocycles. The van der Waals surface area contributed by atoms with E-state index in [1.807, 2.05) is 43.3 Å². The van der Waals surface area contributed by atoms with Crippen LogP contribution in [0, 0.1) is 10.1 Å². The number of carbonyl (C=O) groups excluding carboxylic acids is 2. The number of ether oxygens (including phenoxy) is 2. The lowest BCUT2D eigenvalue weighted by Crippen LogP contribution is -2.27. The van der Waals surface area contributed by atoms with Crippen LogP contribution in [0.15, 0.2) is 71.6 Å². The van der Waals surface area contributed by atoms with E-state index in [1.54, 1.807) is 30.3 Å². The fourth-order valence-corrected chi connectivity index (χ4v) is 4.97. The second kappa shape index (κ2) is 12.0. The Labute approximate surface area is 234 Å². The average Bonchev–Trinajstić information content (AvgIpc) is 3.20. The summed E-state index contributed by atoms with van der Waals surface area (Å²) in [5.41, 5.74) is 2.53. The summed E-state index contributed by atoms with van der Waals surface area (Å²) in [6.07, 6.45) is 1.72. The smallest absolute Gasteiger partial charge is 0.271 e. The number of hydrogen-bond acceptors (Lipinski definition) is 9. The Bertz CT molecular complexity index is 1470. The molecule has 0 aromatic heterocycles. The van der Waals surface area contributed by atoms with E-state index in [0.717, 1.165) is 5.69 Å². The molecule has 3 aromatic rings. The van der Waals surface area contributed by atoms with Gasteiger partial charge in [0, 0.05) is 37.6 Å². The lowest BCUT2D eigenvalue weighted by Gasteiger charge is -2.17. The van der Waals surface area contributed by atoms with E-state index in [0.29, 0.717) is 32.0 Å². The summed E-state index contributed by atoms with van der Waals surface area (Å²) in [5.74, 6) is -0.0392. The van der Waals surface area contributed by atoms with Crippen LogP contribution in [0.3, 0.4) is 0 Å². The fourth-order valence-electron chi connectivity index (χ4n) is 3.67. The molecule has 1 heterocycles. The highest BCUT2D eigenvalue weighted by Gasteiger charge is 2.33. The van der Waals surface area contributed by atoms with Gasteiger partial charge in [-0.15, -0.1) is 0 Å². The van der Waals surface area contributed by atoms with E-state index >= 15 is 0 Å². The number of non-ortho nitro benzene ring substituents is 1. The molecule has 1 aliphatic rings. The Kier molecular flexibility index (Phi) is 8.47. The fraction of sp³-hybridized carbons (Fsp3) is 0.148. The molecule has 39 heavy (non-hydrogen) atoms. The van der Waals surface area contributed by atoms with Crippen molar-refractivity contribution in [2.24, 2.45) is 0 Å². The zero-order chi connectivity index (χ0) is 28.1. The lowest BCUT2D eigenvalue weighted by atomic mass is 10.1. The second-order valence-electron chi connectivity index (χ2n) is 8.48. The van der Waals surface area contributed by atoms with Crippen molar-refractivity contribution in [2.75, 3.05) is 42.9 Å². The maximum Gasteiger partial charge on any atom is 0.271 e. The molecule has 1 N–H and O–H groups in total. The molecule has 0 aliphatic carbocycles. The van der Waals surface area contributed by atoms with Gasteiger partial charge in [0.1, 0.15) is 0 Å². The summed E-state index contributed by atoms with van der Waals surface area (Å²) >= 11 is 6.68. The first-order valence-corrected chi connectivity index (χ1v) is 12.8. The van der Waals surface area contributed by atoms with E-state index in [9.17, 15) is 19.7 Å². The zero-order valence-corrected chi connectivity index (χ0v) is 22.9. The molecule has 4 rings (SSSR count). The van der Waals surface area contributed by atoms with Gasteiger partial charge in [0.15, 0.2) is 22.4 Å². The second-order valence-corrected chi connectivity index (χ2v) is 10.2. The molecule has 10 nitrogen and oxygen atoms in total. The summed E-state index contributed by atoms with van der Waals surface area (Å²) in [6.45, 7) is -0.344. The normalized spacial score (nSPS) is 13.9. The van der Waals surface area contributed by atoms with Crippen LogP contribution in [-0.4, -0.2) is 48.9 Å². The number of rotatable bonds is 9. The van der Waals surface area contributed by atoms with E-state index in [4.69, 9.17) is 21.7 Å². The quantitative estimate of drug-likeness (QED) is 0.164. The predicted octanol–water partition coefficient (Wildman–Crippen LogP) is 5.09. The molecule has 1 saturated heterocycles. The Hall–Kier alpha value is -4.42. The minimum Gasteiger partial charge on any atom is -0.493 e. The van der Waals surface area contributed by atoms with Crippen molar-refractivity contribution in [1.82, 2.24) is 0 Å². The van der Waals surface area contributed by atoms with Gasteiger partial charge in [-0.05, 0) is 54.1 Å². The van der Waals surface area contributed by atoms with Gasteiger partial charge in [-0.25, -0.2) is 0 Å². The lowest BCUT2D eigenvalue weighted by molar-refractivity contribution is -0.384. The van der Waals surface area contributed by atoms with Crippen LogP contribution in [-0.2, 0) is 9.59 Å². The third-order valence-electron chi connectivity index (χ3n) is 5.60. The summed E-state index contributed by atoms with van der Waals surface area (Å²) < 4.78 is 11.5. The molecule has 3 aromatic carbocycles. The molecule has 1 fully saturated rings. The minimum absolute atomic E-state index is 0.134. The zero-order valence-electron chi connectivity index (χ0n) is 21.2. The molecule has 0 unspecified atom stereocenters. The number of nitro benzene ring substituents is 1. The molecule has 2 amide bonds. The molecule has 12 heteroatoms. The maximum absolute atomic E-state index is 13.1. The van der Waals surface area contributed by atoms with Gasteiger partial charge in [-0.1, -0.05) is 36.1 Å². The van der Waals surface area contributed by atoms with E-state index in [1.165, 1.54) is 42.0 Å². The molecule has 0 spiro atoms. The number of nitrogens with one attached hydrogen (secondary N) is 1. The third-order valence-corrected chi connectivity index (χ3v) is 6.91. The highest BCUT2D eigenvalue weighted by Crippen LogP contribution is 2.37. The molecular formula is C27H24N4O6S2. The van der Waals surface area contributed by atoms with E-state index in [-0.39, 0.29) is 23.9 Å². The van der Waals surface area contributed by atoms with Crippen molar-refractivity contribution < 1.29 is 24.0 Å². The summed E-state index contributed by atoms with van der Waals surface area (Å²) in [4.78, 5) is 39.8. The van der Waals surface area contributed by atoms with Gasteiger partial charge in [0.05, 0.1) is 22.6 Å². The summed E-state index contributed by atoms with van der Waals surface area (Å²) in [6, 6.07) is 18.2. The number of nitro groups is 1. The molecular weight excluding hydrogens is 540 g/mol. The van der Waals surface area contributed by atoms with Crippen LogP contribution < -0.4 is 24.6 Å². The summed E-state index contributed by atoms with van der Waals surface area (Å²) in [7, 11) is 5.35. The highest BCUT2D eigenvalue weighted by atomic mass is 32.2. The van der Waals surface area contributed by atoms with E-state index < -0.39 is 10.8 Å². The summed E-state index contributed by atoms with van der Waals surface area (Å²) in [5, 5.41) is 13.5. The monoisotopic (exact) mass is 564 g/mol. The third kappa shape index (κ3) is 6.54. The number of nitrogens with zero attached hydrogens (tertiary/aromatic N) is 3. The van der Waals surface area contributed by atoms with Gasteiger partial charge < -0.3 is 19.7 Å². The van der Waals surface area contributed by atoms with Crippen molar-refractivity contribution in [2.45, 2.75) is 0 Å². The molecule has 1 aliphatic heterocycles. The first kappa shape index (κ1) is 27.6. The average molecular weight is 565 g/mol. The Morgan fingerprint density at radius 1 is 1.13 bits per heavy atom. The molecule has 0 atom stereocenters. The Balaban J connectivity index is 1.43. The largest absolute Gasteiger partial charge is 0.493 e. The van der Waals surface area contributed by atoms with Crippen LogP contribution in [0.4, 0.5) is 22.7 Å². The van der Waals surface area contributed by atoms with Crippen molar-refractivity contribution in [3.05, 3.63) is 87.3 Å². The van der Waals surface area contributed by atoms with Gasteiger partial charge in [0.25, 0.3) is 17.5 Å². The van der Waals surface area contributed by atoms with Gasteiger partial charge in [0.2, 0.25) is 0 Å². The van der Waals surface area contributed by atoms with Crippen LogP contribution in [0.2, 0.25) is 0 Å². The first-order valence-electron chi connectivity index (χ1n) is 11.6. The van der Waals surface area contributed by atoms with Gasteiger partial charge in [-0.3, -0.25) is 24.6 Å². The Morgan fingerprint density at radius 3 is 2.54 bits per heavy atom.